The van der Waals surface area contributed by atoms with Gasteiger partial charge in [0.2, 0.25) is 0 Å². The molecule has 3 atom stereocenters. The second kappa shape index (κ2) is 19.3. The van der Waals surface area contributed by atoms with E-state index in [1.165, 1.54) is 31.4 Å². The highest BCUT2D eigenvalue weighted by atomic mass is 35.5. The normalized spacial score (nSPS) is 16.7. The fourth-order valence-corrected chi connectivity index (χ4v) is 11.1. The molecule has 1 aliphatic heterocycles. The molecular formula is C47H46ClF5N2O6S2. The summed E-state index contributed by atoms with van der Waals surface area (Å²) < 4.78 is 77.4. The monoisotopic (exact) mass is 928 g/mol. The number of fused-ring (bicyclic) bond motifs is 6. The number of hydrogen-bond acceptors (Lipinski definition) is 6. The third-order valence-electron chi connectivity index (χ3n) is 11.8. The number of aliphatic carboxylic acids is 2. The van der Waals surface area contributed by atoms with Gasteiger partial charge in [-0.1, -0.05) is 49.3 Å². The SMILES string of the molecule is CC(C)c1cc(F)cc2c1c(Sc1ccc(Cl)cc1)c1n2CCC[C@@H]1CC(=O)O.COOSc1cc(F)cc2c3c(n([C@@H](C)c4ccc(C(F)(F)F)cc4)c12)[C@@H](CC(=O)O)CCC3. The summed E-state index contributed by atoms with van der Waals surface area (Å²) in [5.41, 5.74) is 5.01. The van der Waals surface area contributed by atoms with E-state index in [1.807, 2.05) is 35.8 Å². The van der Waals surface area contributed by atoms with Gasteiger partial charge in [-0.15, -0.1) is 0 Å². The van der Waals surface area contributed by atoms with E-state index >= 15 is 0 Å². The number of benzene rings is 4. The van der Waals surface area contributed by atoms with E-state index in [2.05, 4.69) is 23.3 Å². The van der Waals surface area contributed by atoms with Gasteiger partial charge in [-0.2, -0.15) is 17.5 Å². The summed E-state index contributed by atoms with van der Waals surface area (Å²) in [6.45, 7) is 6.75. The van der Waals surface area contributed by atoms with Crippen molar-refractivity contribution in [2.45, 2.75) is 117 Å². The number of aromatic nitrogens is 2. The summed E-state index contributed by atoms with van der Waals surface area (Å²) in [7, 11) is 1.32. The van der Waals surface area contributed by atoms with E-state index in [4.69, 9.17) is 15.9 Å². The van der Waals surface area contributed by atoms with Crippen molar-refractivity contribution in [1.29, 1.82) is 0 Å². The first-order valence-electron chi connectivity index (χ1n) is 20.6. The van der Waals surface area contributed by atoms with Crippen molar-refractivity contribution in [3.05, 3.63) is 123 Å². The number of rotatable bonds is 12. The Bertz CT molecular complexity index is 2650. The van der Waals surface area contributed by atoms with Crippen LogP contribution in [0, 0.1) is 11.6 Å². The molecule has 16 heteroatoms. The maximum absolute atomic E-state index is 14.6. The van der Waals surface area contributed by atoms with Crippen LogP contribution >= 0.6 is 35.4 Å². The Hall–Kier alpha value is -4.54. The number of carbonyl (C=O) groups is 2. The lowest BCUT2D eigenvalue weighted by molar-refractivity contribution is -0.160. The molecule has 8 nitrogen and oxygen atoms in total. The van der Waals surface area contributed by atoms with Crippen LogP contribution in [0.3, 0.4) is 0 Å². The molecule has 0 fully saturated rings. The average molecular weight is 929 g/mol. The Balaban J connectivity index is 0.000000191. The van der Waals surface area contributed by atoms with Crippen LogP contribution in [0.15, 0.2) is 87.5 Å². The van der Waals surface area contributed by atoms with Crippen molar-refractivity contribution in [3.63, 3.8) is 0 Å². The topological polar surface area (TPSA) is 103 Å². The third-order valence-corrected chi connectivity index (χ3v) is 13.9. The molecule has 2 aliphatic rings. The van der Waals surface area contributed by atoms with Crippen LogP contribution < -0.4 is 0 Å². The first kappa shape index (κ1) is 46.5. The van der Waals surface area contributed by atoms with Crippen molar-refractivity contribution < 1.29 is 51.0 Å². The van der Waals surface area contributed by atoms with E-state index in [-0.39, 0.29) is 36.4 Å². The second-order valence-corrected chi connectivity index (χ2v) is 18.5. The number of nitrogens with zero attached hydrogens (tertiary/aromatic N) is 2. The molecule has 0 bridgehead atoms. The molecule has 0 saturated heterocycles. The van der Waals surface area contributed by atoms with Crippen molar-refractivity contribution in [2.24, 2.45) is 0 Å². The highest BCUT2D eigenvalue weighted by Crippen LogP contribution is 2.49. The first-order valence-corrected chi connectivity index (χ1v) is 22.5. The Morgan fingerprint density at radius 2 is 1.51 bits per heavy atom. The average Bonchev–Trinajstić information content (AvgIpc) is 3.73. The molecule has 0 spiro atoms. The minimum atomic E-state index is -4.45. The fraction of sp³-hybridized carbons (Fsp3) is 0.362. The van der Waals surface area contributed by atoms with Crippen LogP contribution in [-0.2, 0) is 38.0 Å². The van der Waals surface area contributed by atoms with Gasteiger partial charge in [-0.25, -0.2) is 13.7 Å². The Labute approximate surface area is 374 Å². The lowest BCUT2D eigenvalue weighted by atomic mass is 9.84. The number of hydrogen-bond donors (Lipinski definition) is 2. The van der Waals surface area contributed by atoms with Crippen molar-refractivity contribution in [3.8, 4) is 0 Å². The maximum atomic E-state index is 14.6. The molecule has 8 rings (SSSR count). The lowest BCUT2D eigenvalue weighted by Gasteiger charge is -2.28. The number of carboxylic acid groups (broad SMARTS) is 2. The number of alkyl halides is 3. The van der Waals surface area contributed by atoms with Crippen molar-refractivity contribution in [2.75, 3.05) is 7.11 Å². The quantitative estimate of drug-likeness (QED) is 0.0541. The third kappa shape index (κ3) is 9.92. The number of carboxylic acids is 2. The molecule has 0 unspecified atom stereocenters. The smallest absolute Gasteiger partial charge is 0.416 e. The van der Waals surface area contributed by atoms with Gasteiger partial charge < -0.3 is 19.3 Å². The summed E-state index contributed by atoms with van der Waals surface area (Å²) in [5.74, 6) is -2.70. The molecule has 2 N–H and O–H groups in total. The first-order chi connectivity index (χ1) is 30.0. The predicted molar refractivity (Wildman–Crippen MR) is 235 cm³/mol. The fourth-order valence-electron chi connectivity index (χ4n) is 9.19. The maximum Gasteiger partial charge on any atom is 0.416 e. The van der Waals surface area contributed by atoms with E-state index in [9.17, 15) is 41.8 Å². The zero-order valence-electron chi connectivity index (χ0n) is 34.9. The Kier molecular flexibility index (Phi) is 14.2. The van der Waals surface area contributed by atoms with Gasteiger partial charge >= 0.3 is 18.1 Å². The molecular weight excluding hydrogens is 883 g/mol. The van der Waals surface area contributed by atoms with Gasteiger partial charge in [0.1, 0.15) is 11.6 Å². The summed E-state index contributed by atoms with van der Waals surface area (Å²) in [5, 5.41) is 21.4. The Morgan fingerprint density at radius 1 is 0.873 bits per heavy atom. The highest BCUT2D eigenvalue weighted by molar-refractivity contribution is 7.99. The van der Waals surface area contributed by atoms with E-state index in [0.29, 0.717) is 39.2 Å². The van der Waals surface area contributed by atoms with Gasteiger partial charge in [0.15, 0.2) is 0 Å². The number of aryl methyl sites for hydroxylation is 2. The van der Waals surface area contributed by atoms with Crippen molar-refractivity contribution in [1.82, 2.24) is 9.13 Å². The second-order valence-electron chi connectivity index (χ2n) is 16.2. The molecule has 0 saturated carbocycles. The van der Waals surface area contributed by atoms with E-state index in [1.54, 1.807) is 23.9 Å². The van der Waals surface area contributed by atoms with Crippen LogP contribution in [0.5, 0.6) is 0 Å². The standard InChI is InChI=1S/C24H23F4NO4S.C23H23ClFNO2S/c1-13(14-6-8-16(9-7-14)24(26,27)28)29-22-15(10-21(30)31)4-3-5-18(22)19-11-17(25)12-20(23(19)29)34-33-32-2;1-13(2)18-11-16(25)12-19-21(18)23(29-17-7-5-15(24)6-8-17)22-14(10-20(27)28)4-3-9-26(19)22/h6-9,11-13,15H,3-5,10H2,1-2H3,(H,30,31);5-8,11-14H,3-4,9-10H2,1-2H3,(H,27,28)/t13-,15+;14-/m01/s1. The van der Waals surface area contributed by atoms with Gasteiger partial charge in [-0.05, 0) is 122 Å². The number of halogens is 6. The molecule has 334 valence electrons. The van der Waals surface area contributed by atoms with Gasteiger partial charge in [0.25, 0.3) is 0 Å². The summed E-state index contributed by atoms with van der Waals surface area (Å²) in [6, 6.07) is 18.0. The zero-order chi connectivity index (χ0) is 45.3. The molecule has 0 radical (unpaired) electrons. The lowest BCUT2D eigenvalue weighted by Crippen LogP contribution is -2.19. The molecule has 1 aliphatic carbocycles. The van der Waals surface area contributed by atoms with Crippen LogP contribution in [0.4, 0.5) is 22.0 Å². The van der Waals surface area contributed by atoms with Gasteiger partial charge in [0.05, 0.1) is 59.5 Å². The van der Waals surface area contributed by atoms with Crippen LogP contribution in [0.2, 0.25) is 5.02 Å². The van der Waals surface area contributed by atoms with E-state index in [0.717, 1.165) is 93.2 Å². The summed E-state index contributed by atoms with van der Waals surface area (Å²) in [6.07, 6.45) is -0.683. The van der Waals surface area contributed by atoms with Crippen LogP contribution in [-0.4, -0.2) is 38.4 Å². The molecule has 2 aromatic heterocycles. The van der Waals surface area contributed by atoms with Crippen LogP contribution in [0.1, 0.15) is 117 Å². The molecule has 3 heterocycles. The van der Waals surface area contributed by atoms with Crippen molar-refractivity contribution >= 4 is 69.2 Å². The van der Waals surface area contributed by atoms with E-state index < -0.39 is 35.5 Å². The van der Waals surface area contributed by atoms with Gasteiger partial charge in [0, 0.05) is 55.4 Å². The largest absolute Gasteiger partial charge is 0.481 e. The summed E-state index contributed by atoms with van der Waals surface area (Å²) in [4.78, 5) is 30.4. The molecule has 0 amide bonds. The zero-order valence-corrected chi connectivity index (χ0v) is 37.3. The minimum Gasteiger partial charge on any atom is -0.481 e. The Morgan fingerprint density at radius 3 is 2.13 bits per heavy atom. The molecule has 6 aromatic rings. The highest BCUT2D eigenvalue weighted by Gasteiger charge is 2.35. The van der Waals surface area contributed by atoms with Gasteiger partial charge in [-0.3, -0.25) is 9.59 Å². The summed E-state index contributed by atoms with van der Waals surface area (Å²) >= 11 is 8.50. The predicted octanol–water partition coefficient (Wildman–Crippen LogP) is 13.9. The molecule has 63 heavy (non-hydrogen) atoms. The minimum absolute atomic E-state index is 0.0773. The molecule has 4 aromatic carbocycles. The van der Waals surface area contributed by atoms with Crippen LogP contribution in [0.25, 0.3) is 21.8 Å².